The van der Waals surface area contributed by atoms with Crippen molar-refractivity contribution < 1.29 is 0 Å². The van der Waals surface area contributed by atoms with E-state index >= 15 is 0 Å². The molecule has 1 unspecified atom stereocenters. The van der Waals surface area contributed by atoms with Crippen LogP contribution in [0.4, 0.5) is 0 Å². The van der Waals surface area contributed by atoms with E-state index in [9.17, 15) is 0 Å². The van der Waals surface area contributed by atoms with E-state index in [1.54, 1.807) is 0 Å². The van der Waals surface area contributed by atoms with Gasteiger partial charge in [-0.3, -0.25) is 10.00 Å². The van der Waals surface area contributed by atoms with Gasteiger partial charge < -0.3 is 0 Å². The van der Waals surface area contributed by atoms with Gasteiger partial charge in [0.1, 0.15) is 0 Å². The molecule has 1 saturated heterocycles. The summed E-state index contributed by atoms with van der Waals surface area (Å²) in [6.45, 7) is 4.45. The zero-order valence-corrected chi connectivity index (χ0v) is 18.0. The van der Waals surface area contributed by atoms with E-state index in [4.69, 9.17) is 5.10 Å². The molecular formula is C28H29N3. The summed E-state index contributed by atoms with van der Waals surface area (Å²) < 4.78 is 0. The highest BCUT2D eigenvalue weighted by atomic mass is 15.2. The summed E-state index contributed by atoms with van der Waals surface area (Å²) in [6, 6.07) is 34.9. The number of hydrogen-bond donors (Lipinski definition) is 1. The van der Waals surface area contributed by atoms with Crippen molar-refractivity contribution in [3.8, 4) is 11.3 Å². The maximum atomic E-state index is 4.70. The summed E-state index contributed by atoms with van der Waals surface area (Å²) in [5.41, 5.74) is 6.14. The van der Waals surface area contributed by atoms with E-state index in [0.29, 0.717) is 6.04 Å². The Bertz CT molecular complexity index is 1090. The van der Waals surface area contributed by atoms with Gasteiger partial charge in [0, 0.05) is 22.7 Å². The van der Waals surface area contributed by atoms with Crippen molar-refractivity contribution >= 4 is 0 Å². The summed E-state index contributed by atoms with van der Waals surface area (Å²) in [7, 11) is 0. The fraction of sp³-hybridized carbons (Fsp3) is 0.250. The maximum absolute atomic E-state index is 4.70. The van der Waals surface area contributed by atoms with Crippen molar-refractivity contribution in [2.45, 2.75) is 31.2 Å². The second kappa shape index (κ2) is 8.52. The molecule has 1 atom stereocenters. The summed E-state index contributed by atoms with van der Waals surface area (Å²) in [5.74, 6) is 0. The van der Waals surface area contributed by atoms with Crippen LogP contribution >= 0.6 is 0 Å². The number of likely N-dealkylation sites (tertiary alicyclic amines) is 1. The molecule has 1 aliphatic heterocycles. The van der Waals surface area contributed by atoms with E-state index in [1.165, 1.54) is 16.8 Å². The fourth-order valence-electron chi connectivity index (χ4n) is 5.03. The predicted octanol–water partition coefficient (Wildman–Crippen LogP) is 6.22. The molecule has 3 heteroatoms. The molecule has 3 aromatic carbocycles. The highest BCUT2D eigenvalue weighted by Gasteiger charge is 2.40. The van der Waals surface area contributed by atoms with Gasteiger partial charge in [-0.05, 0) is 50.0 Å². The zero-order chi connectivity index (χ0) is 21.1. The Kier molecular flexibility index (Phi) is 5.44. The largest absolute Gasteiger partial charge is 0.297 e. The number of benzene rings is 3. The second-order valence-electron chi connectivity index (χ2n) is 8.60. The van der Waals surface area contributed by atoms with Gasteiger partial charge in [0.25, 0.3) is 0 Å². The highest BCUT2D eigenvalue weighted by molar-refractivity contribution is 5.60. The topological polar surface area (TPSA) is 31.9 Å². The summed E-state index contributed by atoms with van der Waals surface area (Å²) in [6.07, 6.45) is 2.15. The normalized spacial score (nSPS) is 17.3. The van der Waals surface area contributed by atoms with Crippen molar-refractivity contribution in [3.05, 3.63) is 114 Å². The van der Waals surface area contributed by atoms with Gasteiger partial charge in [-0.1, -0.05) is 91.0 Å². The minimum Gasteiger partial charge on any atom is -0.297 e. The minimum absolute atomic E-state index is 0.0335. The number of hydrogen-bond acceptors (Lipinski definition) is 2. The molecule has 0 spiro atoms. The van der Waals surface area contributed by atoms with Crippen LogP contribution in [0.5, 0.6) is 0 Å². The molecule has 31 heavy (non-hydrogen) atoms. The van der Waals surface area contributed by atoms with Crippen LogP contribution in [0.1, 0.15) is 42.6 Å². The summed E-state index contributed by atoms with van der Waals surface area (Å²) in [5, 5.41) is 8.12. The lowest BCUT2D eigenvalue weighted by atomic mass is 9.70. The van der Waals surface area contributed by atoms with Gasteiger partial charge in [-0.25, -0.2) is 0 Å². The summed E-state index contributed by atoms with van der Waals surface area (Å²) >= 11 is 0. The molecule has 3 nitrogen and oxygen atoms in total. The Morgan fingerprint density at radius 3 is 2.03 bits per heavy atom. The van der Waals surface area contributed by atoms with Crippen molar-refractivity contribution in [1.82, 2.24) is 15.1 Å². The first-order valence-electron chi connectivity index (χ1n) is 11.2. The standard InChI is InChI=1S/C28H29N3/c1-22(23-11-5-2-6-12-23)31-19-17-28(18-20-31,25-15-9-4-10-16-25)27-21-26(29-30-27)24-13-7-3-8-14-24/h2-16,21-22H,17-20H2,1H3,(H,29,30). The molecule has 1 aliphatic rings. The first kappa shape index (κ1) is 19.8. The average molecular weight is 408 g/mol. The van der Waals surface area contributed by atoms with Crippen LogP contribution in [0.2, 0.25) is 0 Å². The molecule has 0 saturated carbocycles. The molecule has 1 N–H and O–H groups in total. The third-order valence-corrected chi connectivity index (χ3v) is 6.97. The van der Waals surface area contributed by atoms with Crippen LogP contribution in [0.25, 0.3) is 11.3 Å². The Morgan fingerprint density at radius 2 is 1.39 bits per heavy atom. The number of nitrogens with one attached hydrogen (secondary N) is 1. The molecule has 0 radical (unpaired) electrons. The van der Waals surface area contributed by atoms with E-state index in [0.717, 1.165) is 37.2 Å². The highest BCUT2D eigenvalue weighted by Crippen LogP contribution is 2.43. The number of aromatic amines is 1. The summed E-state index contributed by atoms with van der Waals surface area (Å²) in [4.78, 5) is 2.62. The maximum Gasteiger partial charge on any atom is 0.0923 e. The lowest BCUT2D eigenvalue weighted by Crippen LogP contribution is -2.44. The van der Waals surface area contributed by atoms with Crippen LogP contribution in [-0.2, 0) is 5.41 Å². The van der Waals surface area contributed by atoms with Crippen molar-refractivity contribution in [3.63, 3.8) is 0 Å². The van der Waals surface area contributed by atoms with Crippen molar-refractivity contribution in [2.24, 2.45) is 0 Å². The van der Waals surface area contributed by atoms with Crippen molar-refractivity contribution in [1.29, 1.82) is 0 Å². The number of nitrogens with zero attached hydrogens (tertiary/aromatic N) is 2. The molecular weight excluding hydrogens is 378 g/mol. The molecule has 4 aromatic rings. The molecule has 156 valence electrons. The van der Waals surface area contributed by atoms with Gasteiger partial charge >= 0.3 is 0 Å². The van der Waals surface area contributed by atoms with E-state index < -0.39 is 0 Å². The van der Waals surface area contributed by atoms with Gasteiger partial charge in [0.2, 0.25) is 0 Å². The first-order valence-corrected chi connectivity index (χ1v) is 11.2. The molecule has 0 aliphatic carbocycles. The van der Waals surface area contributed by atoms with E-state index in [1.807, 2.05) is 6.07 Å². The van der Waals surface area contributed by atoms with Gasteiger partial charge in [0.15, 0.2) is 0 Å². The molecule has 1 aromatic heterocycles. The van der Waals surface area contributed by atoms with Crippen LogP contribution in [0, 0.1) is 0 Å². The Balaban J connectivity index is 1.45. The first-order chi connectivity index (χ1) is 15.3. The van der Waals surface area contributed by atoms with Gasteiger partial charge in [-0.2, -0.15) is 5.10 Å². The Labute approximate surface area is 184 Å². The third kappa shape index (κ3) is 3.82. The van der Waals surface area contributed by atoms with Crippen LogP contribution < -0.4 is 0 Å². The number of piperidine rings is 1. The monoisotopic (exact) mass is 407 g/mol. The second-order valence-corrected chi connectivity index (χ2v) is 8.60. The average Bonchev–Trinajstić information content (AvgIpc) is 3.36. The van der Waals surface area contributed by atoms with Crippen molar-refractivity contribution in [2.75, 3.05) is 13.1 Å². The minimum atomic E-state index is -0.0335. The zero-order valence-electron chi connectivity index (χ0n) is 18.0. The predicted molar refractivity (Wildman–Crippen MR) is 127 cm³/mol. The quantitative estimate of drug-likeness (QED) is 0.426. The van der Waals surface area contributed by atoms with Crippen LogP contribution in [0.3, 0.4) is 0 Å². The fourth-order valence-corrected chi connectivity index (χ4v) is 5.03. The number of H-pyrrole nitrogens is 1. The van der Waals surface area contributed by atoms with Gasteiger partial charge in [-0.15, -0.1) is 0 Å². The Hall–Kier alpha value is -3.17. The molecule has 0 bridgehead atoms. The molecule has 1 fully saturated rings. The third-order valence-electron chi connectivity index (χ3n) is 6.97. The molecule has 5 rings (SSSR count). The smallest absolute Gasteiger partial charge is 0.0923 e. The van der Waals surface area contributed by atoms with Crippen LogP contribution in [-0.4, -0.2) is 28.2 Å². The SMILES string of the molecule is CC(c1ccccc1)N1CCC(c2ccccc2)(c2cc(-c3ccccc3)n[nH]2)CC1. The lowest BCUT2D eigenvalue weighted by molar-refractivity contribution is 0.135. The molecule has 2 heterocycles. The van der Waals surface area contributed by atoms with E-state index in [2.05, 4.69) is 108 Å². The van der Waals surface area contributed by atoms with E-state index in [-0.39, 0.29) is 5.41 Å². The van der Waals surface area contributed by atoms with Gasteiger partial charge in [0.05, 0.1) is 5.69 Å². The lowest BCUT2D eigenvalue weighted by Gasteiger charge is -2.43. The Morgan fingerprint density at radius 1 is 0.806 bits per heavy atom. The number of aromatic nitrogens is 2. The number of rotatable bonds is 5. The van der Waals surface area contributed by atoms with Crippen LogP contribution in [0.15, 0.2) is 97.1 Å². The molecule has 0 amide bonds.